The standard InChI is InChI=1S/C24H18BrF2N5O2S/c25-16-8-6-15(7-9-16)22-31-32-24(35-22)30-21(33)20(12-14-4-2-1-3-5-14)29-23(34)28-19-11-10-17(26)13-18(19)27/h1-11,13,20H,12H2,(H2,28,29,34)(H,30,32,33)/t20-/m0/s1. The number of hydrogen-bond acceptors (Lipinski definition) is 5. The van der Waals surface area contributed by atoms with Crippen molar-refractivity contribution in [1.82, 2.24) is 15.5 Å². The van der Waals surface area contributed by atoms with Gasteiger partial charge in [-0.15, -0.1) is 10.2 Å². The van der Waals surface area contributed by atoms with Crippen LogP contribution < -0.4 is 16.0 Å². The Hall–Kier alpha value is -3.70. The zero-order valence-electron chi connectivity index (χ0n) is 18.0. The van der Waals surface area contributed by atoms with Crippen molar-refractivity contribution in [2.45, 2.75) is 12.5 Å². The Balaban J connectivity index is 1.48. The molecular weight excluding hydrogens is 540 g/mol. The maximum Gasteiger partial charge on any atom is 0.319 e. The van der Waals surface area contributed by atoms with Gasteiger partial charge in [-0.2, -0.15) is 0 Å². The van der Waals surface area contributed by atoms with Gasteiger partial charge < -0.3 is 10.6 Å². The number of halogens is 3. The molecule has 3 aromatic carbocycles. The van der Waals surface area contributed by atoms with Gasteiger partial charge in [0.2, 0.25) is 11.0 Å². The van der Waals surface area contributed by atoms with Crippen LogP contribution in [0.25, 0.3) is 10.6 Å². The summed E-state index contributed by atoms with van der Waals surface area (Å²) < 4.78 is 28.0. The van der Waals surface area contributed by atoms with E-state index in [1.165, 1.54) is 11.3 Å². The minimum atomic E-state index is -1.01. The molecule has 0 aliphatic carbocycles. The van der Waals surface area contributed by atoms with Crippen LogP contribution in [0, 0.1) is 11.6 Å². The molecule has 0 aliphatic rings. The second kappa shape index (κ2) is 11.2. The summed E-state index contributed by atoms with van der Waals surface area (Å²) in [5, 5.41) is 16.5. The number of hydrogen-bond donors (Lipinski definition) is 3. The fourth-order valence-electron chi connectivity index (χ4n) is 3.14. The second-order valence-corrected chi connectivity index (χ2v) is 9.27. The van der Waals surface area contributed by atoms with Crippen molar-refractivity contribution >= 4 is 50.0 Å². The third-order valence-corrected chi connectivity index (χ3v) is 6.25. The summed E-state index contributed by atoms with van der Waals surface area (Å²) >= 11 is 4.57. The van der Waals surface area contributed by atoms with Gasteiger partial charge in [-0.05, 0) is 29.8 Å². The fourth-order valence-corrected chi connectivity index (χ4v) is 4.16. The molecular formula is C24H18BrF2N5O2S. The van der Waals surface area contributed by atoms with Gasteiger partial charge in [0.1, 0.15) is 22.7 Å². The molecule has 3 N–H and O–H groups in total. The molecule has 1 aromatic heterocycles. The Morgan fingerprint density at radius 3 is 2.40 bits per heavy atom. The molecule has 0 unspecified atom stereocenters. The predicted octanol–water partition coefficient (Wildman–Crippen LogP) is 5.62. The number of anilines is 2. The molecule has 1 heterocycles. The average molecular weight is 558 g/mol. The number of benzene rings is 3. The minimum Gasteiger partial charge on any atom is -0.326 e. The van der Waals surface area contributed by atoms with Crippen molar-refractivity contribution in [3.8, 4) is 10.6 Å². The molecule has 11 heteroatoms. The molecule has 178 valence electrons. The molecule has 4 rings (SSSR count). The molecule has 0 saturated heterocycles. The third kappa shape index (κ3) is 6.67. The van der Waals surface area contributed by atoms with Crippen LogP contribution in [0.15, 0.2) is 77.3 Å². The lowest BCUT2D eigenvalue weighted by atomic mass is 10.1. The highest BCUT2D eigenvalue weighted by molar-refractivity contribution is 9.10. The summed E-state index contributed by atoms with van der Waals surface area (Å²) in [5.41, 5.74) is 1.42. The molecule has 7 nitrogen and oxygen atoms in total. The maximum absolute atomic E-state index is 13.9. The van der Waals surface area contributed by atoms with E-state index in [4.69, 9.17) is 0 Å². The van der Waals surface area contributed by atoms with Crippen LogP contribution in [0.3, 0.4) is 0 Å². The summed E-state index contributed by atoms with van der Waals surface area (Å²) in [4.78, 5) is 25.6. The fraction of sp³-hybridized carbons (Fsp3) is 0.0833. The van der Waals surface area contributed by atoms with Crippen molar-refractivity contribution in [1.29, 1.82) is 0 Å². The van der Waals surface area contributed by atoms with E-state index in [0.717, 1.165) is 27.7 Å². The first-order valence-corrected chi connectivity index (χ1v) is 11.9. The number of nitrogens with one attached hydrogen (secondary N) is 3. The molecule has 0 saturated carbocycles. The highest BCUT2D eigenvalue weighted by Crippen LogP contribution is 2.27. The maximum atomic E-state index is 13.9. The molecule has 3 amide bonds. The van der Waals surface area contributed by atoms with Crippen LogP contribution in [0.2, 0.25) is 0 Å². The lowest BCUT2D eigenvalue weighted by Gasteiger charge is -2.18. The van der Waals surface area contributed by atoms with Crippen LogP contribution in [0.5, 0.6) is 0 Å². The molecule has 1 atom stereocenters. The van der Waals surface area contributed by atoms with Crippen LogP contribution in [0.4, 0.5) is 24.4 Å². The highest BCUT2D eigenvalue weighted by Gasteiger charge is 2.23. The Kier molecular flexibility index (Phi) is 7.78. The van der Waals surface area contributed by atoms with E-state index < -0.39 is 29.6 Å². The van der Waals surface area contributed by atoms with E-state index in [-0.39, 0.29) is 17.2 Å². The Morgan fingerprint density at radius 2 is 1.69 bits per heavy atom. The van der Waals surface area contributed by atoms with Crippen molar-refractivity contribution in [3.63, 3.8) is 0 Å². The number of aromatic nitrogens is 2. The normalized spacial score (nSPS) is 11.5. The van der Waals surface area contributed by atoms with E-state index in [1.54, 1.807) is 0 Å². The number of urea groups is 1. The van der Waals surface area contributed by atoms with E-state index in [0.29, 0.717) is 11.1 Å². The van der Waals surface area contributed by atoms with Crippen molar-refractivity contribution in [3.05, 3.63) is 94.5 Å². The first kappa shape index (κ1) is 24.4. The van der Waals surface area contributed by atoms with Crippen molar-refractivity contribution in [2.24, 2.45) is 0 Å². The van der Waals surface area contributed by atoms with E-state index in [9.17, 15) is 18.4 Å². The lowest BCUT2D eigenvalue weighted by molar-refractivity contribution is -0.117. The molecule has 0 bridgehead atoms. The van der Waals surface area contributed by atoms with E-state index in [2.05, 4.69) is 42.1 Å². The lowest BCUT2D eigenvalue weighted by Crippen LogP contribution is -2.47. The molecule has 4 aromatic rings. The quantitative estimate of drug-likeness (QED) is 0.275. The summed E-state index contributed by atoms with van der Waals surface area (Å²) in [6.45, 7) is 0. The van der Waals surface area contributed by atoms with Gasteiger partial charge >= 0.3 is 6.03 Å². The monoisotopic (exact) mass is 557 g/mol. The van der Waals surface area contributed by atoms with Gasteiger partial charge in [-0.1, -0.05) is 69.7 Å². The number of rotatable bonds is 7. The van der Waals surface area contributed by atoms with Gasteiger partial charge in [0.25, 0.3) is 0 Å². The van der Waals surface area contributed by atoms with Crippen molar-refractivity contribution in [2.75, 3.05) is 10.6 Å². The summed E-state index contributed by atoms with van der Waals surface area (Å²) in [5.74, 6) is -2.23. The zero-order valence-corrected chi connectivity index (χ0v) is 20.4. The van der Waals surface area contributed by atoms with Crippen LogP contribution in [-0.4, -0.2) is 28.2 Å². The molecule has 35 heavy (non-hydrogen) atoms. The molecule has 0 radical (unpaired) electrons. The van der Waals surface area contributed by atoms with Crippen LogP contribution in [-0.2, 0) is 11.2 Å². The number of nitrogens with zero attached hydrogens (tertiary/aromatic N) is 2. The van der Waals surface area contributed by atoms with Gasteiger partial charge in [-0.25, -0.2) is 13.6 Å². The van der Waals surface area contributed by atoms with Gasteiger partial charge in [0, 0.05) is 22.5 Å². The highest BCUT2D eigenvalue weighted by atomic mass is 79.9. The Morgan fingerprint density at radius 1 is 0.943 bits per heavy atom. The first-order valence-electron chi connectivity index (χ1n) is 10.3. The van der Waals surface area contributed by atoms with Crippen LogP contribution in [0.1, 0.15) is 5.56 Å². The Labute approximate surface area is 211 Å². The van der Waals surface area contributed by atoms with Gasteiger partial charge in [-0.3, -0.25) is 10.1 Å². The summed E-state index contributed by atoms with van der Waals surface area (Å²) in [6.07, 6.45) is 0.171. The largest absolute Gasteiger partial charge is 0.326 e. The number of amides is 3. The number of carbonyl (C=O) groups is 2. The first-order chi connectivity index (χ1) is 16.9. The summed E-state index contributed by atoms with van der Waals surface area (Å²) in [7, 11) is 0. The molecule has 0 aliphatic heterocycles. The van der Waals surface area contributed by atoms with E-state index >= 15 is 0 Å². The van der Waals surface area contributed by atoms with Crippen molar-refractivity contribution < 1.29 is 18.4 Å². The van der Waals surface area contributed by atoms with E-state index in [1.807, 2.05) is 54.6 Å². The molecule has 0 spiro atoms. The predicted molar refractivity (Wildman–Crippen MR) is 134 cm³/mol. The SMILES string of the molecule is O=C(Nc1ccc(F)cc1F)N[C@@H](Cc1ccccc1)C(=O)Nc1nnc(-c2ccc(Br)cc2)s1. The zero-order chi connectivity index (χ0) is 24.8. The van der Waals surface area contributed by atoms with Gasteiger partial charge in [0.05, 0.1) is 5.69 Å². The second-order valence-electron chi connectivity index (χ2n) is 7.37. The number of carbonyl (C=O) groups excluding carboxylic acids is 2. The van der Waals surface area contributed by atoms with Gasteiger partial charge in [0.15, 0.2) is 0 Å². The average Bonchev–Trinajstić information content (AvgIpc) is 3.30. The topological polar surface area (TPSA) is 96.0 Å². The smallest absolute Gasteiger partial charge is 0.319 e. The Bertz CT molecular complexity index is 1340. The molecule has 0 fully saturated rings. The minimum absolute atomic E-state index is 0.171. The third-order valence-electron chi connectivity index (χ3n) is 4.83. The van der Waals surface area contributed by atoms with Crippen LogP contribution >= 0.6 is 27.3 Å². The summed E-state index contributed by atoms with van der Waals surface area (Å²) in [6, 6.07) is 17.5.